The molecule has 1 atom stereocenters. The molecule has 1 unspecified atom stereocenters. The number of hydrogen-bond acceptors (Lipinski definition) is 1. The molecule has 0 fully saturated rings. The van der Waals surface area contributed by atoms with Gasteiger partial charge in [0.1, 0.15) is 17.8 Å². The molecule has 0 aromatic heterocycles. The van der Waals surface area contributed by atoms with Gasteiger partial charge in [0.05, 0.1) is 0 Å². The lowest BCUT2D eigenvalue weighted by molar-refractivity contribution is 0.334. The van der Waals surface area contributed by atoms with Crippen LogP contribution >= 0.6 is 0 Å². The normalized spacial score (nSPS) is 14.8. The van der Waals surface area contributed by atoms with Gasteiger partial charge in [-0.15, -0.1) is 0 Å². The van der Waals surface area contributed by atoms with Crippen LogP contribution in [0.15, 0.2) is 36.4 Å². The Morgan fingerprint density at radius 2 is 1.75 bits per heavy atom. The third kappa shape index (κ3) is 2.26. The Kier molecular flexibility index (Phi) is 3.38. The van der Waals surface area contributed by atoms with Gasteiger partial charge in [-0.25, -0.2) is 13.2 Å². The van der Waals surface area contributed by atoms with Crippen LogP contribution in [0.2, 0.25) is 0 Å². The van der Waals surface area contributed by atoms with Crippen LogP contribution in [-0.2, 0) is 12.8 Å². The fourth-order valence-electron chi connectivity index (χ4n) is 2.64. The molecule has 1 aliphatic heterocycles. The average Bonchev–Trinajstić information content (AvgIpc) is 2.91. The molecule has 1 aliphatic rings. The van der Waals surface area contributed by atoms with Crippen LogP contribution in [0.4, 0.5) is 18.9 Å². The molecule has 2 aromatic rings. The van der Waals surface area contributed by atoms with E-state index in [-0.39, 0.29) is 12.0 Å². The van der Waals surface area contributed by atoms with E-state index in [1.54, 1.807) is 12.1 Å². The number of anilines is 1. The van der Waals surface area contributed by atoms with E-state index in [9.17, 15) is 13.2 Å². The van der Waals surface area contributed by atoms with E-state index < -0.39 is 17.8 Å². The molecule has 2 aromatic carbocycles. The number of nitrogens with one attached hydrogen (secondary N) is 1. The molecule has 4 heteroatoms. The predicted molar refractivity (Wildman–Crippen MR) is 72.5 cm³/mol. The van der Waals surface area contributed by atoms with Crippen molar-refractivity contribution >= 4 is 5.69 Å². The van der Waals surface area contributed by atoms with Crippen molar-refractivity contribution in [3.63, 3.8) is 0 Å². The number of rotatable bonds is 3. The van der Waals surface area contributed by atoms with Crippen LogP contribution in [0, 0.1) is 11.6 Å². The Bertz CT molecular complexity index is 619. The number of halogens is 3. The van der Waals surface area contributed by atoms with E-state index in [0.29, 0.717) is 5.56 Å². The van der Waals surface area contributed by atoms with E-state index in [1.165, 1.54) is 6.07 Å². The van der Waals surface area contributed by atoms with E-state index in [0.717, 1.165) is 36.3 Å². The highest BCUT2D eigenvalue weighted by Crippen LogP contribution is 2.34. The van der Waals surface area contributed by atoms with Crippen molar-refractivity contribution in [3.8, 4) is 0 Å². The highest BCUT2D eigenvalue weighted by Gasteiger charge is 2.22. The SMILES string of the molecule is Fc1cccc(F)c1CC(F)c1cccc2c1NCC2. The van der Waals surface area contributed by atoms with Gasteiger partial charge in [0.15, 0.2) is 0 Å². The van der Waals surface area contributed by atoms with Gasteiger partial charge in [-0.05, 0) is 24.1 Å². The minimum Gasteiger partial charge on any atom is -0.384 e. The van der Waals surface area contributed by atoms with Crippen LogP contribution in [0.1, 0.15) is 22.9 Å². The Balaban J connectivity index is 1.91. The van der Waals surface area contributed by atoms with Crippen LogP contribution < -0.4 is 5.32 Å². The first kappa shape index (κ1) is 13.0. The largest absolute Gasteiger partial charge is 0.384 e. The van der Waals surface area contributed by atoms with Crippen LogP contribution in [-0.4, -0.2) is 6.54 Å². The first-order valence-electron chi connectivity index (χ1n) is 6.59. The number of benzene rings is 2. The summed E-state index contributed by atoms with van der Waals surface area (Å²) in [6.45, 7) is 0.771. The molecule has 1 nitrogen and oxygen atoms in total. The summed E-state index contributed by atoms with van der Waals surface area (Å²) in [5, 5.41) is 3.14. The zero-order valence-electron chi connectivity index (χ0n) is 10.8. The van der Waals surface area contributed by atoms with Crippen LogP contribution in [0.25, 0.3) is 0 Å². The van der Waals surface area contributed by atoms with Crippen molar-refractivity contribution in [2.75, 3.05) is 11.9 Å². The average molecular weight is 277 g/mol. The molecule has 0 aliphatic carbocycles. The fraction of sp³-hybridized carbons (Fsp3) is 0.250. The lowest BCUT2D eigenvalue weighted by Gasteiger charge is -2.14. The second-order valence-electron chi connectivity index (χ2n) is 4.93. The summed E-state index contributed by atoms with van der Waals surface area (Å²) in [4.78, 5) is 0. The Morgan fingerprint density at radius 3 is 2.50 bits per heavy atom. The summed E-state index contributed by atoms with van der Waals surface area (Å²) in [5.41, 5.74) is 2.11. The highest BCUT2D eigenvalue weighted by molar-refractivity contribution is 5.62. The summed E-state index contributed by atoms with van der Waals surface area (Å²) in [5.74, 6) is -1.40. The van der Waals surface area contributed by atoms with Crippen molar-refractivity contribution < 1.29 is 13.2 Å². The molecule has 104 valence electrons. The molecule has 1 heterocycles. The van der Waals surface area contributed by atoms with E-state index >= 15 is 0 Å². The van der Waals surface area contributed by atoms with E-state index in [2.05, 4.69) is 5.32 Å². The number of hydrogen-bond donors (Lipinski definition) is 1. The number of fused-ring (bicyclic) bond motifs is 1. The van der Waals surface area contributed by atoms with Gasteiger partial charge >= 0.3 is 0 Å². The lowest BCUT2D eigenvalue weighted by atomic mass is 9.98. The first-order chi connectivity index (χ1) is 9.66. The van der Waals surface area contributed by atoms with Crippen molar-refractivity contribution in [3.05, 3.63) is 64.7 Å². The minimum absolute atomic E-state index is 0.199. The summed E-state index contributed by atoms with van der Waals surface area (Å²) in [6.07, 6.45) is -0.873. The van der Waals surface area contributed by atoms with Gasteiger partial charge in [0, 0.05) is 29.8 Å². The molecule has 1 N–H and O–H groups in total. The predicted octanol–water partition coefficient (Wildman–Crippen LogP) is 4.19. The van der Waals surface area contributed by atoms with Crippen molar-refractivity contribution in [2.24, 2.45) is 0 Å². The molecule has 0 bridgehead atoms. The first-order valence-corrected chi connectivity index (χ1v) is 6.59. The van der Waals surface area contributed by atoms with Crippen LogP contribution in [0.5, 0.6) is 0 Å². The third-order valence-electron chi connectivity index (χ3n) is 3.66. The minimum atomic E-state index is -1.43. The fourth-order valence-corrected chi connectivity index (χ4v) is 2.64. The number of alkyl halides is 1. The standard InChI is InChI=1S/C16H14F3N/c17-13-5-2-6-14(18)12(13)9-15(19)11-4-1-3-10-7-8-20-16(10)11/h1-6,15,20H,7-9H2. The van der Waals surface area contributed by atoms with Gasteiger partial charge in [-0.1, -0.05) is 24.3 Å². The smallest absolute Gasteiger partial charge is 0.131 e. The molecule has 0 spiro atoms. The van der Waals surface area contributed by atoms with Gasteiger partial charge < -0.3 is 5.32 Å². The van der Waals surface area contributed by atoms with E-state index in [1.807, 2.05) is 6.07 Å². The molecular formula is C16H14F3N. The third-order valence-corrected chi connectivity index (χ3v) is 3.66. The molecule has 0 saturated heterocycles. The number of para-hydroxylation sites is 1. The zero-order chi connectivity index (χ0) is 14.1. The van der Waals surface area contributed by atoms with Crippen molar-refractivity contribution in [1.82, 2.24) is 0 Å². The lowest BCUT2D eigenvalue weighted by Crippen LogP contribution is -2.05. The zero-order valence-corrected chi connectivity index (χ0v) is 10.8. The monoisotopic (exact) mass is 277 g/mol. The van der Waals surface area contributed by atoms with Crippen LogP contribution in [0.3, 0.4) is 0 Å². The van der Waals surface area contributed by atoms with Gasteiger partial charge in [0.25, 0.3) is 0 Å². The summed E-state index contributed by atoms with van der Waals surface area (Å²) in [7, 11) is 0. The summed E-state index contributed by atoms with van der Waals surface area (Å²) < 4.78 is 41.6. The van der Waals surface area contributed by atoms with Crippen molar-refractivity contribution in [2.45, 2.75) is 19.0 Å². The van der Waals surface area contributed by atoms with Gasteiger partial charge in [-0.2, -0.15) is 0 Å². The molecule has 0 amide bonds. The Labute approximate surface area is 115 Å². The Morgan fingerprint density at radius 1 is 1.05 bits per heavy atom. The summed E-state index contributed by atoms with van der Waals surface area (Å²) in [6, 6.07) is 8.97. The van der Waals surface area contributed by atoms with Gasteiger partial charge in [0.2, 0.25) is 0 Å². The van der Waals surface area contributed by atoms with Gasteiger partial charge in [-0.3, -0.25) is 0 Å². The maximum Gasteiger partial charge on any atom is 0.131 e. The summed E-state index contributed by atoms with van der Waals surface area (Å²) >= 11 is 0. The molecule has 20 heavy (non-hydrogen) atoms. The molecular weight excluding hydrogens is 263 g/mol. The van der Waals surface area contributed by atoms with E-state index in [4.69, 9.17) is 0 Å². The molecule has 0 radical (unpaired) electrons. The molecule has 0 saturated carbocycles. The molecule has 3 rings (SSSR count). The topological polar surface area (TPSA) is 12.0 Å². The highest BCUT2D eigenvalue weighted by atomic mass is 19.1. The van der Waals surface area contributed by atoms with Crippen molar-refractivity contribution in [1.29, 1.82) is 0 Å². The second-order valence-corrected chi connectivity index (χ2v) is 4.93. The maximum atomic E-state index is 14.5. The Hall–Kier alpha value is -1.97. The maximum absolute atomic E-state index is 14.5. The second kappa shape index (κ2) is 5.19. The quantitative estimate of drug-likeness (QED) is 0.887.